The first kappa shape index (κ1) is 22.5. The highest BCUT2D eigenvalue weighted by Crippen LogP contribution is 2.33. The molecule has 3 heterocycles. The molecule has 1 fully saturated rings. The van der Waals surface area contributed by atoms with Crippen molar-refractivity contribution in [3.63, 3.8) is 0 Å². The van der Waals surface area contributed by atoms with E-state index >= 15 is 0 Å². The molecule has 2 aromatic carbocycles. The van der Waals surface area contributed by atoms with Crippen molar-refractivity contribution in [1.82, 2.24) is 24.8 Å². The van der Waals surface area contributed by atoms with Crippen LogP contribution in [0.3, 0.4) is 0 Å². The molecular formula is C27H26N6O2. The maximum Gasteiger partial charge on any atom is 0.253 e. The number of piperidine rings is 1. The van der Waals surface area contributed by atoms with E-state index in [1.165, 1.54) is 0 Å². The molecule has 35 heavy (non-hydrogen) atoms. The molecule has 0 saturated carbocycles. The molecule has 1 aliphatic heterocycles. The summed E-state index contributed by atoms with van der Waals surface area (Å²) in [5.41, 5.74) is 3.27. The van der Waals surface area contributed by atoms with E-state index in [2.05, 4.69) is 25.3 Å². The van der Waals surface area contributed by atoms with Gasteiger partial charge in [-0.25, -0.2) is 15.0 Å². The minimum absolute atomic E-state index is 0.0163. The number of nitrogens with one attached hydrogen (secondary N) is 1. The summed E-state index contributed by atoms with van der Waals surface area (Å²) in [4.78, 5) is 32.7. The molecule has 1 amide bonds. The van der Waals surface area contributed by atoms with Gasteiger partial charge in [-0.2, -0.15) is 0 Å². The lowest BCUT2D eigenvalue weighted by Crippen LogP contribution is -2.39. The summed E-state index contributed by atoms with van der Waals surface area (Å²) in [6.07, 6.45) is 8.45. The van der Waals surface area contributed by atoms with Crippen molar-refractivity contribution in [2.45, 2.75) is 25.7 Å². The van der Waals surface area contributed by atoms with Gasteiger partial charge in [0, 0.05) is 55.0 Å². The highest BCUT2D eigenvalue weighted by Gasteiger charge is 2.29. The molecule has 176 valence electrons. The summed E-state index contributed by atoms with van der Waals surface area (Å²) in [5.74, 6) is 1.73. The number of aromatic nitrogens is 4. The third-order valence-corrected chi connectivity index (χ3v) is 5.92. The second-order valence-electron chi connectivity index (χ2n) is 8.53. The van der Waals surface area contributed by atoms with Crippen LogP contribution in [0.4, 0.5) is 11.6 Å². The number of carbonyl (C=O) groups is 1. The third kappa shape index (κ3) is 5.43. The highest BCUT2D eigenvalue weighted by molar-refractivity contribution is 5.95. The number of hydrogen-bond donors (Lipinski definition) is 1. The van der Waals surface area contributed by atoms with Gasteiger partial charge >= 0.3 is 0 Å². The number of ether oxygens (including phenoxy) is 1. The van der Waals surface area contributed by atoms with Gasteiger partial charge in [-0.1, -0.05) is 18.2 Å². The number of rotatable bonds is 6. The summed E-state index contributed by atoms with van der Waals surface area (Å²) in [6, 6.07) is 17.0. The maximum atomic E-state index is 13.4. The Morgan fingerprint density at radius 2 is 1.80 bits per heavy atom. The van der Waals surface area contributed by atoms with Gasteiger partial charge in [-0.3, -0.25) is 9.78 Å². The van der Waals surface area contributed by atoms with Gasteiger partial charge in [0.25, 0.3) is 5.91 Å². The highest BCUT2D eigenvalue weighted by atomic mass is 16.5. The van der Waals surface area contributed by atoms with E-state index in [-0.39, 0.29) is 11.8 Å². The Morgan fingerprint density at radius 1 is 0.971 bits per heavy atom. The van der Waals surface area contributed by atoms with Gasteiger partial charge in [0.1, 0.15) is 11.4 Å². The predicted octanol–water partition coefficient (Wildman–Crippen LogP) is 5.13. The van der Waals surface area contributed by atoms with Crippen molar-refractivity contribution in [2.75, 3.05) is 18.4 Å². The van der Waals surface area contributed by atoms with Gasteiger partial charge in [0.15, 0.2) is 0 Å². The number of hydrogen-bond acceptors (Lipinski definition) is 7. The lowest BCUT2D eigenvalue weighted by molar-refractivity contribution is 0.0705. The third-order valence-electron chi connectivity index (χ3n) is 5.92. The zero-order chi connectivity index (χ0) is 24.0. The Bertz CT molecular complexity index is 1310. The number of anilines is 2. The average Bonchev–Trinajstić information content (AvgIpc) is 2.89. The van der Waals surface area contributed by atoms with E-state index in [1.807, 2.05) is 60.4 Å². The lowest BCUT2D eigenvalue weighted by atomic mass is 9.94. The summed E-state index contributed by atoms with van der Waals surface area (Å²) < 4.78 is 6.10. The first-order valence-electron chi connectivity index (χ1n) is 11.6. The molecule has 1 N–H and O–H groups in total. The maximum absolute atomic E-state index is 13.4. The Hall–Kier alpha value is -4.33. The molecule has 0 spiro atoms. The van der Waals surface area contributed by atoms with E-state index in [1.54, 1.807) is 30.9 Å². The van der Waals surface area contributed by atoms with Crippen molar-refractivity contribution in [1.29, 1.82) is 0 Å². The zero-order valence-electron chi connectivity index (χ0n) is 19.5. The van der Waals surface area contributed by atoms with Crippen molar-refractivity contribution in [2.24, 2.45) is 0 Å². The monoisotopic (exact) mass is 466 g/mol. The summed E-state index contributed by atoms with van der Waals surface area (Å²) >= 11 is 0. The van der Waals surface area contributed by atoms with Gasteiger partial charge < -0.3 is 15.0 Å². The van der Waals surface area contributed by atoms with Crippen LogP contribution >= 0.6 is 0 Å². The topological polar surface area (TPSA) is 93.1 Å². The van der Waals surface area contributed by atoms with Crippen LogP contribution in [-0.4, -0.2) is 43.8 Å². The second-order valence-corrected chi connectivity index (χ2v) is 8.53. The van der Waals surface area contributed by atoms with Gasteiger partial charge in [-0.15, -0.1) is 0 Å². The summed E-state index contributed by atoms with van der Waals surface area (Å²) in [6.45, 7) is 3.27. The first-order valence-corrected chi connectivity index (χ1v) is 11.6. The lowest BCUT2D eigenvalue weighted by Gasteiger charge is -2.33. The number of carbonyl (C=O) groups excluding carboxylic acids is 1. The summed E-state index contributed by atoms with van der Waals surface area (Å²) in [7, 11) is 0. The largest absolute Gasteiger partial charge is 0.437 e. The van der Waals surface area contributed by atoms with Gasteiger partial charge in [-0.05, 0) is 61.7 Å². The predicted molar refractivity (Wildman–Crippen MR) is 133 cm³/mol. The molecule has 1 aliphatic rings. The van der Waals surface area contributed by atoms with Gasteiger partial charge in [0.05, 0.1) is 0 Å². The molecule has 2 aromatic heterocycles. The Morgan fingerprint density at radius 3 is 2.66 bits per heavy atom. The van der Waals surface area contributed by atoms with Crippen LogP contribution < -0.4 is 10.1 Å². The quantitative estimate of drug-likeness (QED) is 0.421. The second kappa shape index (κ2) is 10.3. The van der Waals surface area contributed by atoms with Crippen LogP contribution in [0.1, 0.15) is 40.4 Å². The van der Waals surface area contributed by atoms with Crippen LogP contribution in [0.15, 0.2) is 79.4 Å². The standard InChI is InChI=1S/C27H26N6O2/c1-19-6-2-10-23(16-19)35-25-24(28-13-14-29-25)21-8-4-15-33(18-21)26(34)20-7-3-9-22(17-20)32-27-30-11-5-12-31-27/h2-3,5-7,9-14,16-17,21H,4,8,15,18H2,1H3,(H,30,31,32)/t21-/m1/s1. The molecule has 8 heteroatoms. The molecule has 0 radical (unpaired) electrons. The summed E-state index contributed by atoms with van der Waals surface area (Å²) in [5, 5.41) is 3.14. The Labute approximate surface area is 204 Å². The van der Waals surface area contributed by atoms with Crippen LogP contribution in [0.5, 0.6) is 11.6 Å². The number of nitrogens with zero attached hydrogens (tertiary/aromatic N) is 5. The number of aryl methyl sites for hydroxylation is 1. The van der Waals surface area contributed by atoms with Crippen LogP contribution in [0.25, 0.3) is 0 Å². The molecule has 4 aromatic rings. The Balaban J connectivity index is 1.32. The molecule has 1 saturated heterocycles. The van der Waals surface area contributed by atoms with Crippen LogP contribution in [-0.2, 0) is 0 Å². The molecule has 0 aliphatic carbocycles. The van der Waals surface area contributed by atoms with E-state index in [9.17, 15) is 4.79 Å². The van der Waals surface area contributed by atoms with Crippen molar-refractivity contribution in [3.05, 3.63) is 96.2 Å². The smallest absolute Gasteiger partial charge is 0.253 e. The fourth-order valence-corrected chi connectivity index (χ4v) is 4.28. The molecule has 0 bridgehead atoms. The SMILES string of the molecule is Cc1cccc(Oc2nccnc2[C@@H]2CCCN(C(=O)c3cccc(Nc4ncccn4)c3)C2)c1. The van der Waals surface area contributed by atoms with Crippen LogP contribution in [0, 0.1) is 6.92 Å². The minimum atomic E-state index is -0.0163. The fourth-order valence-electron chi connectivity index (χ4n) is 4.28. The van der Waals surface area contributed by atoms with E-state index < -0.39 is 0 Å². The van der Waals surface area contributed by atoms with Crippen molar-refractivity contribution in [3.8, 4) is 11.6 Å². The van der Waals surface area contributed by atoms with Crippen molar-refractivity contribution >= 4 is 17.5 Å². The zero-order valence-corrected chi connectivity index (χ0v) is 19.5. The Kier molecular flexibility index (Phi) is 6.61. The fraction of sp³-hybridized carbons (Fsp3) is 0.222. The van der Waals surface area contributed by atoms with E-state index in [0.29, 0.717) is 30.5 Å². The number of likely N-dealkylation sites (tertiary alicyclic amines) is 1. The van der Waals surface area contributed by atoms with E-state index in [0.717, 1.165) is 35.5 Å². The van der Waals surface area contributed by atoms with Crippen molar-refractivity contribution < 1.29 is 9.53 Å². The molecular weight excluding hydrogens is 440 g/mol. The normalized spacial score (nSPS) is 15.5. The number of amides is 1. The average molecular weight is 467 g/mol. The van der Waals surface area contributed by atoms with E-state index in [4.69, 9.17) is 4.74 Å². The molecule has 1 atom stereocenters. The molecule has 5 rings (SSSR count). The molecule has 0 unspecified atom stereocenters. The first-order chi connectivity index (χ1) is 17.2. The van der Waals surface area contributed by atoms with Crippen LogP contribution in [0.2, 0.25) is 0 Å². The minimum Gasteiger partial charge on any atom is -0.437 e. The number of benzene rings is 2. The van der Waals surface area contributed by atoms with Gasteiger partial charge in [0.2, 0.25) is 11.8 Å². The molecule has 8 nitrogen and oxygen atoms in total.